The highest BCUT2D eigenvalue weighted by Crippen LogP contribution is 2.21. The van der Waals surface area contributed by atoms with Gasteiger partial charge >= 0.3 is 0 Å². The first-order valence-electron chi connectivity index (χ1n) is 4.78. The molecule has 2 aromatic heterocycles. The summed E-state index contributed by atoms with van der Waals surface area (Å²) in [6.07, 6.45) is 5.33. The molecule has 2 rings (SSSR count). The topological polar surface area (TPSA) is 75.0 Å². The van der Waals surface area contributed by atoms with Crippen LogP contribution in [0.1, 0.15) is 6.92 Å². The number of hydrogen-bond acceptors (Lipinski definition) is 6. The van der Waals surface area contributed by atoms with E-state index in [9.17, 15) is 5.11 Å². The Morgan fingerprint density at radius 2 is 1.56 bits per heavy atom. The molecule has 0 aliphatic heterocycles. The quantitative estimate of drug-likeness (QED) is 0.764. The normalized spacial score (nSPS) is 12.1. The van der Waals surface area contributed by atoms with Crippen LogP contribution in [0.4, 0.5) is 11.6 Å². The summed E-state index contributed by atoms with van der Waals surface area (Å²) in [5.74, 6) is 1.17. The van der Waals surface area contributed by atoms with Gasteiger partial charge in [0.25, 0.3) is 0 Å². The molecule has 16 heavy (non-hydrogen) atoms. The fourth-order valence-corrected chi connectivity index (χ4v) is 1.35. The fraction of sp³-hybridized carbons (Fsp3) is 0.200. The molecular formula is C10H11N5O. The molecular weight excluding hydrogens is 206 g/mol. The molecule has 1 atom stereocenters. The van der Waals surface area contributed by atoms with Gasteiger partial charge in [-0.2, -0.15) is 0 Å². The molecule has 0 saturated carbocycles. The van der Waals surface area contributed by atoms with E-state index in [2.05, 4.69) is 19.9 Å². The molecule has 0 saturated heterocycles. The van der Waals surface area contributed by atoms with Crippen molar-refractivity contribution in [2.75, 3.05) is 4.90 Å². The van der Waals surface area contributed by atoms with Crippen LogP contribution in [-0.2, 0) is 0 Å². The third-order valence-electron chi connectivity index (χ3n) is 2.00. The first kappa shape index (κ1) is 10.4. The summed E-state index contributed by atoms with van der Waals surface area (Å²) in [6, 6.07) is 3.41. The van der Waals surface area contributed by atoms with Crippen molar-refractivity contribution in [2.45, 2.75) is 13.2 Å². The Morgan fingerprint density at radius 3 is 1.88 bits per heavy atom. The Bertz CT molecular complexity index is 394. The van der Waals surface area contributed by atoms with Crippen molar-refractivity contribution in [1.82, 2.24) is 19.9 Å². The van der Waals surface area contributed by atoms with Crippen molar-refractivity contribution in [3.63, 3.8) is 0 Å². The van der Waals surface area contributed by atoms with Gasteiger partial charge in [0.1, 0.15) is 30.5 Å². The van der Waals surface area contributed by atoms with Gasteiger partial charge in [-0.15, -0.1) is 0 Å². The zero-order valence-corrected chi connectivity index (χ0v) is 8.72. The average molecular weight is 217 g/mol. The zero-order valence-electron chi connectivity index (χ0n) is 8.72. The van der Waals surface area contributed by atoms with Crippen molar-refractivity contribution >= 4 is 11.6 Å². The summed E-state index contributed by atoms with van der Waals surface area (Å²) in [7, 11) is 0. The molecule has 0 aliphatic rings. The lowest BCUT2D eigenvalue weighted by atomic mass is 10.4. The maximum absolute atomic E-state index is 9.72. The Hall–Kier alpha value is -2.08. The Labute approximate surface area is 92.7 Å². The highest BCUT2D eigenvalue weighted by atomic mass is 16.3. The maximum Gasteiger partial charge on any atom is 0.139 e. The number of aliphatic hydroxyl groups is 1. The summed E-state index contributed by atoms with van der Waals surface area (Å²) in [5.41, 5.74) is 0. The van der Waals surface area contributed by atoms with E-state index >= 15 is 0 Å². The molecule has 1 unspecified atom stereocenters. The van der Waals surface area contributed by atoms with Gasteiger partial charge < -0.3 is 5.11 Å². The lowest BCUT2D eigenvalue weighted by Gasteiger charge is -2.24. The van der Waals surface area contributed by atoms with E-state index in [-0.39, 0.29) is 0 Å². The van der Waals surface area contributed by atoms with Crippen LogP contribution in [-0.4, -0.2) is 31.3 Å². The van der Waals surface area contributed by atoms with E-state index in [1.807, 2.05) is 0 Å². The average Bonchev–Trinajstić information content (AvgIpc) is 2.31. The van der Waals surface area contributed by atoms with Crippen LogP contribution < -0.4 is 4.90 Å². The van der Waals surface area contributed by atoms with Gasteiger partial charge in [0.15, 0.2) is 0 Å². The summed E-state index contributed by atoms with van der Waals surface area (Å²) in [5, 5.41) is 9.72. The van der Waals surface area contributed by atoms with E-state index in [0.29, 0.717) is 11.6 Å². The molecule has 6 heteroatoms. The van der Waals surface area contributed by atoms with Crippen molar-refractivity contribution in [3.8, 4) is 0 Å². The first-order valence-corrected chi connectivity index (χ1v) is 4.78. The molecule has 1 N–H and O–H groups in total. The lowest BCUT2D eigenvalue weighted by molar-refractivity contribution is 0.200. The molecule has 0 bridgehead atoms. The van der Waals surface area contributed by atoms with Gasteiger partial charge in [-0.05, 0) is 19.1 Å². The van der Waals surface area contributed by atoms with Crippen LogP contribution in [0.2, 0.25) is 0 Å². The van der Waals surface area contributed by atoms with E-state index in [1.165, 1.54) is 12.7 Å². The van der Waals surface area contributed by atoms with Gasteiger partial charge in [0.05, 0.1) is 0 Å². The molecule has 0 spiro atoms. The van der Waals surface area contributed by atoms with Gasteiger partial charge in [0.2, 0.25) is 0 Å². The van der Waals surface area contributed by atoms with Crippen molar-refractivity contribution in [1.29, 1.82) is 0 Å². The van der Waals surface area contributed by atoms with Gasteiger partial charge in [-0.3, -0.25) is 4.90 Å². The molecule has 0 fully saturated rings. The summed E-state index contributed by atoms with van der Waals surface area (Å²) < 4.78 is 0. The van der Waals surface area contributed by atoms with Crippen LogP contribution in [0.3, 0.4) is 0 Å². The molecule has 6 nitrogen and oxygen atoms in total. The highest BCUT2D eigenvalue weighted by molar-refractivity contribution is 5.54. The van der Waals surface area contributed by atoms with E-state index in [4.69, 9.17) is 0 Å². The van der Waals surface area contributed by atoms with E-state index in [0.717, 1.165) is 0 Å². The zero-order chi connectivity index (χ0) is 11.4. The second-order valence-electron chi connectivity index (χ2n) is 3.14. The Morgan fingerprint density at radius 1 is 1.06 bits per heavy atom. The fourth-order valence-electron chi connectivity index (χ4n) is 1.35. The van der Waals surface area contributed by atoms with Gasteiger partial charge in [-0.25, -0.2) is 19.9 Å². The molecule has 2 heterocycles. The number of rotatable bonds is 3. The molecule has 0 radical (unpaired) electrons. The second kappa shape index (κ2) is 4.63. The number of anilines is 2. The molecule has 0 aliphatic carbocycles. The highest BCUT2D eigenvalue weighted by Gasteiger charge is 2.16. The summed E-state index contributed by atoms with van der Waals surface area (Å²) >= 11 is 0. The summed E-state index contributed by atoms with van der Waals surface area (Å²) in [4.78, 5) is 17.4. The van der Waals surface area contributed by atoms with E-state index < -0.39 is 6.23 Å². The molecule has 2 aromatic rings. The third kappa shape index (κ3) is 2.12. The minimum absolute atomic E-state index is 0.587. The third-order valence-corrected chi connectivity index (χ3v) is 2.00. The minimum atomic E-state index is -0.732. The van der Waals surface area contributed by atoms with Crippen LogP contribution in [0.25, 0.3) is 0 Å². The number of nitrogens with zero attached hydrogens (tertiary/aromatic N) is 5. The van der Waals surface area contributed by atoms with Crippen molar-refractivity contribution in [2.24, 2.45) is 0 Å². The van der Waals surface area contributed by atoms with Crippen molar-refractivity contribution < 1.29 is 5.11 Å². The standard InChI is InChI=1S/C10H11N5O/c1-8(16)15(9-2-4-11-6-13-9)10-3-5-12-7-14-10/h2-8,16H,1H3. The van der Waals surface area contributed by atoms with Gasteiger partial charge in [0, 0.05) is 12.4 Å². The SMILES string of the molecule is CC(O)N(c1ccncn1)c1ccncn1. The smallest absolute Gasteiger partial charge is 0.139 e. The van der Waals surface area contributed by atoms with Crippen LogP contribution in [0, 0.1) is 0 Å². The number of aliphatic hydroxyl groups excluding tert-OH is 1. The minimum Gasteiger partial charge on any atom is -0.373 e. The predicted octanol–water partition coefficient (Wildman–Crippen LogP) is 0.743. The van der Waals surface area contributed by atoms with Crippen molar-refractivity contribution in [3.05, 3.63) is 37.2 Å². The number of hydrogen-bond donors (Lipinski definition) is 1. The largest absolute Gasteiger partial charge is 0.373 e. The first-order chi connectivity index (χ1) is 7.79. The molecule has 82 valence electrons. The monoisotopic (exact) mass is 217 g/mol. The van der Waals surface area contributed by atoms with Gasteiger partial charge in [-0.1, -0.05) is 0 Å². The Kier molecular flexibility index (Phi) is 3.02. The molecule has 0 amide bonds. The van der Waals surface area contributed by atoms with Crippen LogP contribution in [0.15, 0.2) is 37.2 Å². The predicted molar refractivity (Wildman–Crippen MR) is 57.9 cm³/mol. The summed E-state index contributed by atoms with van der Waals surface area (Å²) in [6.45, 7) is 1.64. The van der Waals surface area contributed by atoms with E-state index in [1.54, 1.807) is 36.4 Å². The second-order valence-corrected chi connectivity index (χ2v) is 3.14. The maximum atomic E-state index is 9.72. The number of aromatic nitrogens is 4. The molecule has 0 aromatic carbocycles. The lowest BCUT2D eigenvalue weighted by Crippen LogP contribution is -2.29. The Balaban J connectivity index is 2.40. The van der Waals surface area contributed by atoms with Crippen LogP contribution in [0.5, 0.6) is 0 Å². The van der Waals surface area contributed by atoms with Crippen LogP contribution >= 0.6 is 0 Å².